The molecule has 4 heteroatoms. The summed E-state index contributed by atoms with van der Waals surface area (Å²) in [5.41, 5.74) is 1.19. The Kier molecular flexibility index (Phi) is 4.74. The number of rotatable bonds is 5. The lowest BCUT2D eigenvalue weighted by atomic mass is 9.95. The average molecular weight is 234 g/mol. The molecule has 0 saturated carbocycles. The molecule has 4 nitrogen and oxygen atoms in total. The zero-order valence-electron chi connectivity index (χ0n) is 10.6. The van der Waals surface area contributed by atoms with Gasteiger partial charge in [-0.2, -0.15) is 0 Å². The quantitative estimate of drug-likeness (QED) is 0.816. The van der Waals surface area contributed by atoms with Gasteiger partial charge in [-0.05, 0) is 50.3 Å². The predicted molar refractivity (Wildman–Crippen MR) is 70.1 cm³/mol. The number of nitrogens with one attached hydrogen (secondary N) is 2. The van der Waals surface area contributed by atoms with E-state index < -0.39 is 0 Å². The minimum Gasteiger partial charge on any atom is -0.354 e. The highest BCUT2D eigenvalue weighted by Gasteiger charge is 2.12. The van der Waals surface area contributed by atoms with Gasteiger partial charge in [-0.3, -0.25) is 0 Å². The van der Waals surface area contributed by atoms with Crippen LogP contribution in [0, 0.1) is 5.92 Å². The monoisotopic (exact) mass is 234 g/mol. The van der Waals surface area contributed by atoms with E-state index in [4.69, 9.17) is 0 Å². The molecule has 0 bridgehead atoms. The van der Waals surface area contributed by atoms with E-state index in [1.54, 1.807) is 0 Å². The molecule has 0 aromatic carbocycles. The van der Waals surface area contributed by atoms with E-state index >= 15 is 0 Å². The molecule has 0 aliphatic carbocycles. The Balaban J connectivity index is 1.69. The smallest absolute Gasteiger partial charge is 0.222 e. The van der Waals surface area contributed by atoms with E-state index in [-0.39, 0.29) is 0 Å². The Bertz CT molecular complexity index is 317. The van der Waals surface area contributed by atoms with Crippen molar-refractivity contribution < 1.29 is 0 Å². The second-order valence-corrected chi connectivity index (χ2v) is 4.68. The van der Waals surface area contributed by atoms with Gasteiger partial charge in [0.15, 0.2) is 0 Å². The van der Waals surface area contributed by atoms with Crippen LogP contribution in [0.3, 0.4) is 0 Å². The molecule has 1 fully saturated rings. The lowest BCUT2D eigenvalue weighted by Gasteiger charge is -2.22. The van der Waals surface area contributed by atoms with E-state index in [0.29, 0.717) is 0 Å². The fourth-order valence-corrected chi connectivity index (χ4v) is 2.19. The maximum absolute atomic E-state index is 4.30. The summed E-state index contributed by atoms with van der Waals surface area (Å²) in [5, 5.41) is 6.69. The van der Waals surface area contributed by atoms with Crippen LogP contribution in [0.4, 0.5) is 5.95 Å². The Hall–Kier alpha value is -1.16. The Morgan fingerprint density at radius 2 is 2.00 bits per heavy atom. The molecule has 17 heavy (non-hydrogen) atoms. The third-order valence-corrected chi connectivity index (χ3v) is 3.41. The first-order chi connectivity index (χ1) is 8.38. The van der Waals surface area contributed by atoms with Crippen molar-refractivity contribution in [3.8, 4) is 0 Å². The molecule has 2 rings (SSSR count). The van der Waals surface area contributed by atoms with Crippen molar-refractivity contribution in [2.75, 3.05) is 25.0 Å². The van der Waals surface area contributed by atoms with Gasteiger partial charge in [-0.15, -0.1) is 0 Å². The molecule has 1 aliphatic rings. The molecule has 1 aromatic heterocycles. The van der Waals surface area contributed by atoms with Crippen LogP contribution < -0.4 is 10.6 Å². The fraction of sp³-hybridized carbons (Fsp3) is 0.692. The average Bonchev–Trinajstić information content (AvgIpc) is 2.41. The minimum absolute atomic E-state index is 0.760. The number of hydrogen-bond acceptors (Lipinski definition) is 4. The molecule has 0 spiro atoms. The van der Waals surface area contributed by atoms with Gasteiger partial charge in [-0.1, -0.05) is 6.92 Å². The maximum Gasteiger partial charge on any atom is 0.222 e. The van der Waals surface area contributed by atoms with Crippen molar-refractivity contribution >= 4 is 5.95 Å². The second kappa shape index (κ2) is 6.55. The van der Waals surface area contributed by atoms with Gasteiger partial charge in [0.2, 0.25) is 5.95 Å². The van der Waals surface area contributed by atoms with Crippen molar-refractivity contribution in [3.05, 3.63) is 18.0 Å². The standard InChI is InChI=1S/C13H22N4/c1-2-11-9-16-13(17-10-11)15-8-5-12-3-6-14-7-4-12/h9-10,12,14H,2-8H2,1H3,(H,15,16,17). The van der Waals surface area contributed by atoms with Gasteiger partial charge in [0.05, 0.1) is 0 Å². The highest BCUT2D eigenvalue weighted by atomic mass is 15.1. The normalized spacial score (nSPS) is 17.0. The van der Waals surface area contributed by atoms with Crippen LogP contribution in [0.1, 0.15) is 31.7 Å². The van der Waals surface area contributed by atoms with Crippen LogP contribution in [0.5, 0.6) is 0 Å². The summed E-state index contributed by atoms with van der Waals surface area (Å²) in [5.74, 6) is 1.62. The first-order valence-electron chi connectivity index (χ1n) is 6.64. The van der Waals surface area contributed by atoms with Crippen LogP contribution in [0.15, 0.2) is 12.4 Å². The summed E-state index contributed by atoms with van der Waals surface area (Å²) in [4.78, 5) is 8.60. The van der Waals surface area contributed by atoms with Gasteiger partial charge < -0.3 is 10.6 Å². The van der Waals surface area contributed by atoms with Gasteiger partial charge in [0.1, 0.15) is 0 Å². The van der Waals surface area contributed by atoms with Crippen LogP contribution in [-0.2, 0) is 6.42 Å². The number of nitrogens with zero attached hydrogens (tertiary/aromatic N) is 2. The molecule has 0 radical (unpaired) electrons. The first-order valence-corrected chi connectivity index (χ1v) is 6.64. The Labute approximate surface area is 103 Å². The largest absolute Gasteiger partial charge is 0.354 e. The van der Waals surface area contributed by atoms with Crippen molar-refractivity contribution in [2.24, 2.45) is 5.92 Å². The van der Waals surface area contributed by atoms with Gasteiger partial charge in [0.25, 0.3) is 0 Å². The molecule has 1 aliphatic heterocycles. The molecule has 0 atom stereocenters. The van der Waals surface area contributed by atoms with Crippen molar-refractivity contribution in [1.29, 1.82) is 0 Å². The Morgan fingerprint density at radius 1 is 1.29 bits per heavy atom. The molecule has 1 saturated heterocycles. The van der Waals surface area contributed by atoms with Gasteiger partial charge in [0, 0.05) is 18.9 Å². The lowest BCUT2D eigenvalue weighted by molar-refractivity contribution is 0.361. The molecule has 0 amide bonds. The van der Waals surface area contributed by atoms with Crippen molar-refractivity contribution in [2.45, 2.75) is 32.6 Å². The Morgan fingerprint density at radius 3 is 2.65 bits per heavy atom. The zero-order chi connectivity index (χ0) is 11.9. The first kappa shape index (κ1) is 12.3. The van der Waals surface area contributed by atoms with Crippen LogP contribution in [0.25, 0.3) is 0 Å². The number of hydrogen-bond donors (Lipinski definition) is 2. The molecular formula is C13H22N4. The van der Waals surface area contributed by atoms with E-state index in [0.717, 1.165) is 24.8 Å². The van der Waals surface area contributed by atoms with E-state index in [9.17, 15) is 0 Å². The number of piperidine rings is 1. The van der Waals surface area contributed by atoms with E-state index in [2.05, 4.69) is 27.5 Å². The number of anilines is 1. The summed E-state index contributed by atoms with van der Waals surface area (Å²) < 4.78 is 0. The van der Waals surface area contributed by atoms with Crippen molar-refractivity contribution in [1.82, 2.24) is 15.3 Å². The van der Waals surface area contributed by atoms with Crippen LogP contribution in [-0.4, -0.2) is 29.6 Å². The fourth-order valence-electron chi connectivity index (χ4n) is 2.19. The minimum atomic E-state index is 0.760. The highest BCUT2D eigenvalue weighted by Crippen LogP contribution is 2.15. The topological polar surface area (TPSA) is 49.8 Å². The van der Waals surface area contributed by atoms with Gasteiger partial charge >= 0.3 is 0 Å². The summed E-state index contributed by atoms with van der Waals surface area (Å²) in [6.07, 6.45) is 8.63. The summed E-state index contributed by atoms with van der Waals surface area (Å²) in [6.45, 7) is 5.44. The molecule has 1 aromatic rings. The second-order valence-electron chi connectivity index (χ2n) is 4.68. The van der Waals surface area contributed by atoms with Crippen LogP contribution >= 0.6 is 0 Å². The van der Waals surface area contributed by atoms with E-state index in [1.165, 1.54) is 37.9 Å². The molecule has 94 valence electrons. The number of aryl methyl sites for hydroxylation is 1. The molecule has 2 heterocycles. The summed E-state index contributed by atoms with van der Waals surface area (Å²) >= 11 is 0. The number of aromatic nitrogens is 2. The highest BCUT2D eigenvalue weighted by molar-refractivity contribution is 5.24. The molecular weight excluding hydrogens is 212 g/mol. The zero-order valence-corrected chi connectivity index (χ0v) is 10.6. The third-order valence-electron chi connectivity index (χ3n) is 3.41. The van der Waals surface area contributed by atoms with E-state index in [1.807, 2.05) is 12.4 Å². The predicted octanol–water partition coefficient (Wildman–Crippen LogP) is 1.84. The molecule has 0 unspecified atom stereocenters. The van der Waals surface area contributed by atoms with Crippen LogP contribution in [0.2, 0.25) is 0 Å². The summed E-state index contributed by atoms with van der Waals surface area (Å²) in [6, 6.07) is 0. The third kappa shape index (κ3) is 3.97. The van der Waals surface area contributed by atoms with Crippen molar-refractivity contribution in [3.63, 3.8) is 0 Å². The molecule has 2 N–H and O–H groups in total. The SMILES string of the molecule is CCc1cnc(NCCC2CCNCC2)nc1. The summed E-state index contributed by atoms with van der Waals surface area (Å²) in [7, 11) is 0. The lowest BCUT2D eigenvalue weighted by Crippen LogP contribution is -2.28. The van der Waals surface area contributed by atoms with Gasteiger partial charge in [-0.25, -0.2) is 9.97 Å². The maximum atomic E-state index is 4.30.